The van der Waals surface area contributed by atoms with Crippen LogP contribution in [0, 0.1) is 0 Å². The summed E-state index contributed by atoms with van der Waals surface area (Å²) in [5.74, 6) is -0.0135. The van der Waals surface area contributed by atoms with Gasteiger partial charge in [-0.25, -0.2) is 0 Å². The number of nitrogens with one attached hydrogen (secondary N) is 2. The average Bonchev–Trinajstić information content (AvgIpc) is 3.31. The first-order valence-electron chi connectivity index (χ1n) is 14.4. The molecule has 2 aliphatic heterocycles. The minimum atomic E-state index is -4.32. The fourth-order valence-corrected chi connectivity index (χ4v) is 6.73. The number of carbonyl (C=O) groups is 1. The molecule has 0 atom stereocenters. The number of hydrogen-bond donors (Lipinski definition) is 2. The van der Waals surface area contributed by atoms with Gasteiger partial charge in [0.1, 0.15) is 0 Å². The highest BCUT2D eigenvalue weighted by Gasteiger charge is 2.30. The lowest BCUT2D eigenvalue weighted by Gasteiger charge is -2.39. The summed E-state index contributed by atoms with van der Waals surface area (Å²) in [5, 5.41) is 4.34. The third-order valence-electron chi connectivity index (χ3n) is 8.96. The molecule has 0 unspecified atom stereocenters. The second-order valence-corrected chi connectivity index (χ2v) is 11.6. The van der Waals surface area contributed by atoms with Gasteiger partial charge in [0.05, 0.1) is 5.56 Å². The molecule has 3 heterocycles. The van der Waals surface area contributed by atoms with Gasteiger partial charge in [-0.1, -0.05) is 31.4 Å². The number of aromatic nitrogens is 1. The Kier molecular flexibility index (Phi) is 7.42. The van der Waals surface area contributed by atoms with Gasteiger partial charge in [-0.15, -0.1) is 0 Å². The molecule has 39 heavy (non-hydrogen) atoms. The first-order valence-corrected chi connectivity index (χ1v) is 14.4. The quantitative estimate of drug-likeness (QED) is 0.403. The molecule has 3 aromatic rings. The predicted molar refractivity (Wildman–Crippen MR) is 146 cm³/mol. The largest absolute Gasteiger partial charge is 0.416 e. The highest BCUT2D eigenvalue weighted by atomic mass is 19.4. The maximum atomic E-state index is 13.2. The van der Waals surface area contributed by atoms with Crippen LogP contribution < -0.4 is 5.32 Å². The Morgan fingerprint density at radius 1 is 0.949 bits per heavy atom. The molecule has 8 heteroatoms. The minimum absolute atomic E-state index is 0.0135. The molecule has 0 spiro atoms. The van der Waals surface area contributed by atoms with Gasteiger partial charge in [-0.2, -0.15) is 13.2 Å². The Bertz CT molecular complexity index is 1300. The van der Waals surface area contributed by atoms with Crippen LogP contribution in [0.3, 0.4) is 0 Å². The lowest BCUT2D eigenvalue weighted by molar-refractivity contribution is -0.137. The lowest BCUT2D eigenvalue weighted by Crippen LogP contribution is -2.48. The van der Waals surface area contributed by atoms with Crippen LogP contribution in [0.1, 0.15) is 77.7 Å². The van der Waals surface area contributed by atoms with E-state index < -0.39 is 11.7 Å². The van der Waals surface area contributed by atoms with Gasteiger partial charge in [0, 0.05) is 73.4 Å². The highest BCUT2D eigenvalue weighted by Crippen LogP contribution is 2.32. The van der Waals surface area contributed by atoms with E-state index in [2.05, 4.69) is 20.1 Å². The smallest absolute Gasteiger partial charge is 0.358 e. The number of amides is 1. The monoisotopic (exact) mass is 538 g/mol. The van der Waals surface area contributed by atoms with E-state index in [9.17, 15) is 18.0 Å². The highest BCUT2D eigenvalue weighted by molar-refractivity contribution is 5.99. The molecule has 1 saturated heterocycles. The Morgan fingerprint density at radius 2 is 1.69 bits per heavy atom. The van der Waals surface area contributed by atoms with Gasteiger partial charge in [-0.3, -0.25) is 9.69 Å². The second-order valence-electron chi connectivity index (χ2n) is 11.6. The van der Waals surface area contributed by atoms with E-state index in [0.717, 1.165) is 73.5 Å². The molecular formula is C31H37F3N4O. The Balaban J connectivity index is 1.09. The number of piperidine rings is 1. The van der Waals surface area contributed by atoms with Crippen LogP contribution in [0.4, 0.5) is 13.2 Å². The van der Waals surface area contributed by atoms with Crippen LogP contribution in [-0.2, 0) is 25.7 Å². The van der Waals surface area contributed by atoms with E-state index in [1.807, 2.05) is 18.2 Å². The molecule has 2 aromatic carbocycles. The number of likely N-dealkylation sites (tertiary alicyclic amines) is 1. The Labute approximate surface area is 227 Å². The second kappa shape index (κ2) is 11.0. The molecule has 3 aliphatic rings. The van der Waals surface area contributed by atoms with Gasteiger partial charge in [0.15, 0.2) is 0 Å². The van der Waals surface area contributed by atoms with Crippen LogP contribution >= 0.6 is 0 Å². The molecule has 6 rings (SSSR count). The van der Waals surface area contributed by atoms with Crippen molar-refractivity contribution in [1.82, 2.24) is 20.1 Å². The third kappa shape index (κ3) is 5.87. The zero-order valence-corrected chi connectivity index (χ0v) is 22.3. The minimum Gasteiger partial charge on any atom is -0.358 e. The van der Waals surface area contributed by atoms with Crippen LogP contribution in [-0.4, -0.2) is 52.4 Å². The number of alkyl halides is 3. The van der Waals surface area contributed by atoms with Crippen molar-refractivity contribution in [1.29, 1.82) is 0 Å². The van der Waals surface area contributed by atoms with Crippen molar-refractivity contribution in [2.75, 3.05) is 19.6 Å². The number of hydrogen-bond acceptors (Lipinski definition) is 3. The zero-order valence-electron chi connectivity index (χ0n) is 22.3. The number of H-pyrrole nitrogens is 1. The van der Waals surface area contributed by atoms with Crippen molar-refractivity contribution in [2.24, 2.45) is 0 Å². The molecule has 1 amide bonds. The van der Waals surface area contributed by atoms with Gasteiger partial charge in [0.2, 0.25) is 0 Å². The lowest BCUT2D eigenvalue weighted by atomic mass is 9.92. The summed E-state index contributed by atoms with van der Waals surface area (Å²) >= 11 is 0. The van der Waals surface area contributed by atoms with Crippen molar-refractivity contribution < 1.29 is 18.0 Å². The summed E-state index contributed by atoms with van der Waals surface area (Å²) in [4.78, 5) is 21.6. The Morgan fingerprint density at radius 3 is 2.41 bits per heavy atom. The number of carbonyl (C=O) groups excluding carboxylic acids is 1. The molecule has 1 aliphatic carbocycles. The summed E-state index contributed by atoms with van der Waals surface area (Å²) < 4.78 is 38.8. The molecule has 1 aromatic heterocycles. The van der Waals surface area contributed by atoms with Crippen LogP contribution in [0.2, 0.25) is 0 Å². The van der Waals surface area contributed by atoms with E-state index in [1.165, 1.54) is 43.4 Å². The first-order chi connectivity index (χ1) is 18.8. The van der Waals surface area contributed by atoms with Crippen LogP contribution in [0.5, 0.6) is 0 Å². The number of halogens is 3. The van der Waals surface area contributed by atoms with Crippen molar-refractivity contribution in [3.63, 3.8) is 0 Å². The Hall–Kier alpha value is -2.84. The molecular weight excluding hydrogens is 501 g/mol. The van der Waals surface area contributed by atoms with Crippen molar-refractivity contribution in [3.05, 3.63) is 70.4 Å². The zero-order chi connectivity index (χ0) is 27.0. The van der Waals surface area contributed by atoms with Gasteiger partial charge in [-0.05, 0) is 67.1 Å². The fourth-order valence-electron chi connectivity index (χ4n) is 6.73. The first kappa shape index (κ1) is 26.4. The number of benzene rings is 2. The molecule has 2 fully saturated rings. The maximum Gasteiger partial charge on any atom is 0.416 e. The van der Waals surface area contributed by atoms with E-state index in [4.69, 9.17) is 0 Å². The van der Waals surface area contributed by atoms with E-state index in [0.29, 0.717) is 18.7 Å². The SMILES string of the molecule is O=C(NC1CCN(C2CCCCC2)CC1)c1ccc2[nH]c3c(c2c1)CN(Cc1ccc(C(F)(F)F)cc1)CC3. The number of rotatable bonds is 5. The van der Waals surface area contributed by atoms with E-state index in [1.54, 1.807) is 12.1 Å². The molecule has 5 nitrogen and oxygen atoms in total. The summed E-state index contributed by atoms with van der Waals surface area (Å²) in [5.41, 5.74) is 4.30. The van der Waals surface area contributed by atoms with E-state index in [-0.39, 0.29) is 11.9 Å². The summed E-state index contributed by atoms with van der Waals surface area (Å²) in [6.07, 6.45) is 5.23. The third-order valence-corrected chi connectivity index (χ3v) is 8.96. The summed E-state index contributed by atoms with van der Waals surface area (Å²) in [6.45, 7) is 4.24. The molecule has 0 radical (unpaired) electrons. The number of nitrogens with zero attached hydrogens (tertiary/aromatic N) is 2. The fraction of sp³-hybridized carbons (Fsp3) is 0.516. The van der Waals surface area contributed by atoms with Crippen molar-refractivity contribution in [3.8, 4) is 0 Å². The van der Waals surface area contributed by atoms with Crippen molar-refractivity contribution >= 4 is 16.8 Å². The molecule has 208 valence electrons. The van der Waals surface area contributed by atoms with E-state index >= 15 is 0 Å². The number of aromatic amines is 1. The van der Waals surface area contributed by atoms with Gasteiger partial charge in [0.25, 0.3) is 5.91 Å². The number of fused-ring (bicyclic) bond motifs is 3. The summed E-state index contributed by atoms with van der Waals surface area (Å²) in [6, 6.07) is 12.3. The normalized spacial score (nSPS) is 20.3. The van der Waals surface area contributed by atoms with Crippen molar-refractivity contribution in [2.45, 2.75) is 82.7 Å². The molecule has 0 bridgehead atoms. The van der Waals surface area contributed by atoms with Crippen LogP contribution in [0.15, 0.2) is 42.5 Å². The predicted octanol–water partition coefficient (Wildman–Crippen LogP) is 6.27. The average molecular weight is 539 g/mol. The van der Waals surface area contributed by atoms with Gasteiger partial charge >= 0.3 is 6.18 Å². The van der Waals surface area contributed by atoms with Gasteiger partial charge < -0.3 is 15.2 Å². The molecule has 1 saturated carbocycles. The molecule has 2 N–H and O–H groups in total. The topological polar surface area (TPSA) is 51.4 Å². The maximum absolute atomic E-state index is 13.2. The summed E-state index contributed by atoms with van der Waals surface area (Å²) in [7, 11) is 0. The standard InChI is InChI=1S/C31H37F3N4O/c32-31(33,34)23-9-6-21(7-10-23)19-37-15-14-29-27(20-37)26-18-22(8-11-28(26)36-29)30(39)35-24-12-16-38(17-13-24)25-4-2-1-3-5-25/h6-11,18,24-25,36H,1-5,12-17,19-20H2,(H,35,39). The van der Waals surface area contributed by atoms with Crippen LogP contribution in [0.25, 0.3) is 10.9 Å².